The number of methoxy groups -OCH3 is 1. The van der Waals surface area contributed by atoms with Crippen LogP contribution in [-0.2, 0) is 20.9 Å². The summed E-state index contributed by atoms with van der Waals surface area (Å²) in [6.45, 7) is 5.19. The molecule has 6 heteroatoms. The number of piperidine rings is 1. The van der Waals surface area contributed by atoms with E-state index in [4.69, 9.17) is 16.3 Å². The normalized spacial score (nSPS) is 20.8. The van der Waals surface area contributed by atoms with Crippen molar-refractivity contribution in [3.63, 3.8) is 0 Å². The van der Waals surface area contributed by atoms with Gasteiger partial charge in [0.25, 0.3) is 0 Å². The molecule has 0 bridgehead atoms. The first kappa shape index (κ1) is 18.7. The highest BCUT2D eigenvalue weighted by atomic mass is 35.5. The third kappa shape index (κ3) is 4.71. The number of nitrogens with zero attached hydrogens (tertiary/aromatic N) is 1. The predicted octanol–water partition coefficient (Wildman–Crippen LogP) is 2.54. The first-order valence-electron chi connectivity index (χ1n) is 8.21. The van der Waals surface area contributed by atoms with Crippen LogP contribution in [0, 0.1) is 12.8 Å². The van der Waals surface area contributed by atoms with Crippen LogP contribution in [0.1, 0.15) is 30.9 Å². The molecule has 0 spiro atoms. The Morgan fingerprint density at radius 3 is 2.79 bits per heavy atom. The van der Waals surface area contributed by atoms with Gasteiger partial charge in [0.05, 0.1) is 6.10 Å². The summed E-state index contributed by atoms with van der Waals surface area (Å²) >= 11 is 6.19. The first-order valence-corrected chi connectivity index (χ1v) is 8.59. The van der Waals surface area contributed by atoms with Crippen molar-refractivity contribution in [2.24, 2.45) is 5.92 Å². The van der Waals surface area contributed by atoms with Crippen molar-refractivity contribution in [1.82, 2.24) is 10.2 Å². The number of nitrogens with one attached hydrogen (secondary N) is 1. The Labute approximate surface area is 148 Å². The highest BCUT2D eigenvalue weighted by Crippen LogP contribution is 2.23. The summed E-state index contributed by atoms with van der Waals surface area (Å²) < 4.78 is 5.49. The lowest BCUT2D eigenvalue weighted by Crippen LogP contribution is -2.47. The zero-order valence-electron chi connectivity index (χ0n) is 14.5. The second kappa shape index (κ2) is 8.49. The Hall–Kier alpha value is -1.59. The minimum absolute atomic E-state index is 0.00778. The molecule has 1 N–H and O–H groups in total. The van der Waals surface area contributed by atoms with E-state index < -0.39 is 0 Å². The van der Waals surface area contributed by atoms with E-state index in [0.717, 1.165) is 17.5 Å². The third-order valence-electron chi connectivity index (χ3n) is 4.68. The molecule has 0 aromatic heterocycles. The molecule has 1 fully saturated rings. The second-order valence-electron chi connectivity index (χ2n) is 6.30. The molecule has 24 heavy (non-hydrogen) atoms. The maximum Gasteiger partial charge on any atom is 0.220 e. The fourth-order valence-corrected chi connectivity index (χ4v) is 3.48. The van der Waals surface area contributed by atoms with Crippen LogP contribution >= 0.6 is 11.6 Å². The van der Waals surface area contributed by atoms with E-state index in [1.807, 2.05) is 25.1 Å². The van der Waals surface area contributed by atoms with Crippen LogP contribution in [0.25, 0.3) is 0 Å². The van der Waals surface area contributed by atoms with E-state index >= 15 is 0 Å². The number of aryl methyl sites for hydroxylation is 1. The lowest BCUT2D eigenvalue weighted by atomic mass is 9.91. The fraction of sp³-hybridized carbons (Fsp3) is 0.556. The quantitative estimate of drug-likeness (QED) is 0.886. The number of hydrogen-bond acceptors (Lipinski definition) is 3. The zero-order chi connectivity index (χ0) is 17.7. The van der Waals surface area contributed by atoms with Crippen LogP contribution in [0.15, 0.2) is 18.2 Å². The molecule has 0 saturated carbocycles. The van der Waals surface area contributed by atoms with Crippen LogP contribution in [0.5, 0.6) is 0 Å². The van der Waals surface area contributed by atoms with Gasteiger partial charge in [0, 0.05) is 51.0 Å². The number of likely N-dealkylation sites (tertiary alicyclic amines) is 1. The Bertz CT molecular complexity index is 586. The first-order chi connectivity index (χ1) is 11.4. The van der Waals surface area contributed by atoms with Crippen molar-refractivity contribution < 1.29 is 14.3 Å². The molecule has 0 radical (unpaired) electrons. The summed E-state index contributed by atoms with van der Waals surface area (Å²) in [4.78, 5) is 25.7. The molecule has 2 atom stereocenters. The van der Waals surface area contributed by atoms with Gasteiger partial charge >= 0.3 is 0 Å². The Balaban J connectivity index is 1.93. The van der Waals surface area contributed by atoms with Gasteiger partial charge in [-0.3, -0.25) is 9.59 Å². The van der Waals surface area contributed by atoms with Crippen LogP contribution < -0.4 is 5.32 Å². The van der Waals surface area contributed by atoms with E-state index in [0.29, 0.717) is 31.1 Å². The van der Waals surface area contributed by atoms with Gasteiger partial charge in [-0.1, -0.05) is 23.7 Å². The van der Waals surface area contributed by atoms with Crippen molar-refractivity contribution in [2.75, 3.05) is 20.2 Å². The molecule has 1 saturated heterocycles. The molecule has 0 unspecified atom stereocenters. The minimum atomic E-state index is -0.0493. The molecular weight excluding hydrogens is 328 g/mol. The van der Waals surface area contributed by atoms with Crippen LogP contribution in [0.3, 0.4) is 0 Å². The van der Waals surface area contributed by atoms with Crippen molar-refractivity contribution in [2.45, 2.75) is 39.3 Å². The smallest absolute Gasteiger partial charge is 0.220 e. The second-order valence-corrected chi connectivity index (χ2v) is 6.71. The Morgan fingerprint density at radius 1 is 1.42 bits per heavy atom. The monoisotopic (exact) mass is 352 g/mol. The molecule has 2 rings (SSSR count). The van der Waals surface area contributed by atoms with Gasteiger partial charge in [0.1, 0.15) is 0 Å². The third-order valence-corrected chi connectivity index (χ3v) is 5.03. The molecule has 1 aliphatic rings. The molecule has 0 aliphatic carbocycles. The maximum atomic E-state index is 12.3. The van der Waals surface area contributed by atoms with Crippen LogP contribution in [0.2, 0.25) is 5.02 Å². The van der Waals surface area contributed by atoms with E-state index in [1.54, 1.807) is 18.9 Å². The van der Waals surface area contributed by atoms with Gasteiger partial charge in [-0.05, 0) is 30.5 Å². The summed E-state index contributed by atoms with van der Waals surface area (Å²) in [6, 6.07) is 5.69. The Morgan fingerprint density at radius 2 is 2.17 bits per heavy atom. The van der Waals surface area contributed by atoms with E-state index in [1.165, 1.54) is 0 Å². The number of ether oxygens (including phenoxy) is 1. The summed E-state index contributed by atoms with van der Waals surface area (Å²) in [6.07, 6.45) is 1.11. The van der Waals surface area contributed by atoms with Gasteiger partial charge in [-0.25, -0.2) is 0 Å². The molecule has 2 amide bonds. The average Bonchev–Trinajstić information content (AvgIpc) is 2.54. The summed E-state index contributed by atoms with van der Waals surface area (Å²) in [7, 11) is 1.66. The van der Waals surface area contributed by atoms with Crippen molar-refractivity contribution in [3.8, 4) is 0 Å². The molecule has 132 valence electrons. The van der Waals surface area contributed by atoms with Gasteiger partial charge in [0.2, 0.25) is 11.8 Å². The number of carbonyl (C=O) groups excluding carboxylic acids is 2. The largest absolute Gasteiger partial charge is 0.381 e. The maximum absolute atomic E-state index is 12.3. The summed E-state index contributed by atoms with van der Waals surface area (Å²) in [5, 5.41) is 3.59. The molecular formula is C18H25ClN2O3. The SMILES string of the molecule is CO[C@@H]1CCN(C(C)=O)C[C@H]1CC(=O)NCc1c(C)cccc1Cl. The van der Waals surface area contributed by atoms with Crippen molar-refractivity contribution in [1.29, 1.82) is 0 Å². The topological polar surface area (TPSA) is 58.6 Å². The summed E-state index contributed by atoms with van der Waals surface area (Å²) in [5.41, 5.74) is 1.99. The highest BCUT2D eigenvalue weighted by molar-refractivity contribution is 6.31. The van der Waals surface area contributed by atoms with Crippen molar-refractivity contribution in [3.05, 3.63) is 34.3 Å². The number of halogens is 1. The van der Waals surface area contributed by atoms with Crippen LogP contribution in [0.4, 0.5) is 0 Å². The molecule has 1 aromatic rings. The summed E-state index contributed by atoms with van der Waals surface area (Å²) in [5.74, 6) is 0.00779. The molecule has 1 heterocycles. The number of hydrogen-bond donors (Lipinski definition) is 1. The number of amides is 2. The number of benzene rings is 1. The highest BCUT2D eigenvalue weighted by Gasteiger charge is 2.31. The number of rotatable bonds is 5. The van der Waals surface area contributed by atoms with E-state index in [2.05, 4.69) is 5.32 Å². The van der Waals surface area contributed by atoms with Crippen LogP contribution in [-0.4, -0.2) is 43.0 Å². The van der Waals surface area contributed by atoms with Gasteiger partial charge < -0.3 is 15.0 Å². The fourth-order valence-electron chi connectivity index (χ4n) is 3.19. The molecule has 1 aromatic carbocycles. The van der Waals surface area contributed by atoms with Gasteiger partial charge in [-0.15, -0.1) is 0 Å². The van der Waals surface area contributed by atoms with E-state index in [9.17, 15) is 9.59 Å². The lowest BCUT2D eigenvalue weighted by molar-refractivity contribution is -0.135. The van der Waals surface area contributed by atoms with Crippen molar-refractivity contribution >= 4 is 23.4 Å². The predicted molar refractivity (Wildman–Crippen MR) is 93.8 cm³/mol. The molecule has 1 aliphatic heterocycles. The molecule has 5 nitrogen and oxygen atoms in total. The average molecular weight is 353 g/mol. The Kier molecular flexibility index (Phi) is 6.63. The number of carbonyl (C=O) groups is 2. The standard InChI is InChI=1S/C18H25ClN2O3/c1-12-5-4-6-16(19)15(12)10-20-18(23)9-14-11-21(13(2)22)8-7-17(14)24-3/h4-6,14,17H,7-11H2,1-3H3,(H,20,23)/t14-,17-/m1/s1. The van der Waals surface area contributed by atoms with E-state index in [-0.39, 0.29) is 23.8 Å². The minimum Gasteiger partial charge on any atom is -0.381 e. The van der Waals surface area contributed by atoms with Gasteiger partial charge in [0.15, 0.2) is 0 Å². The lowest BCUT2D eigenvalue weighted by Gasteiger charge is -2.37. The van der Waals surface area contributed by atoms with Gasteiger partial charge in [-0.2, -0.15) is 0 Å². The zero-order valence-corrected chi connectivity index (χ0v) is 15.2.